The van der Waals surface area contributed by atoms with Crippen LogP contribution in [-0.4, -0.2) is 42.6 Å². The maximum Gasteiger partial charge on any atom is 0.344 e. The van der Waals surface area contributed by atoms with Crippen molar-refractivity contribution in [2.45, 2.75) is 20.8 Å². The van der Waals surface area contributed by atoms with Crippen LogP contribution < -0.4 is 0 Å². The third-order valence-electron chi connectivity index (χ3n) is 1.68. The fourth-order valence-corrected chi connectivity index (χ4v) is 0.589. The predicted octanol–water partition coefficient (Wildman–Crippen LogP) is -0.320. The maximum atomic E-state index is 11.3. The van der Waals surface area contributed by atoms with Crippen molar-refractivity contribution >= 4 is 17.7 Å². The number of carbonyl (C=O) groups is 3. The zero-order valence-corrected chi connectivity index (χ0v) is 9.61. The first-order valence-corrected chi connectivity index (χ1v) is 4.72. The molecule has 6 heteroatoms. The number of hydrogen-bond acceptors (Lipinski definition) is 6. The molecule has 0 aromatic rings. The summed E-state index contributed by atoms with van der Waals surface area (Å²) in [6, 6.07) is 0. The summed E-state index contributed by atoms with van der Waals surface area (Å²) < 4.78 is 8.87. The molecule has 0 radical (unpaired) electrons. The molecule has 92 valence electrons. The number of rotatable bonds is 5. The van der Waals surface area contributed by atoms with Crippen LogP contribution in [0.3, 0.4) is 0 Å². The van der Waals surface area contributed by atoms with Crippen molar-refractivity contribution in [1.29, 1.82) is 0 Å². The van der Waals surface area contributed by atoms with E-state index in [1.807, 2.05) is 0 Å². The molecule has 0 heterocycles. The number of hydrogen-bond donors (Lipinski definition) is 1. The van der Waals surface area contributed by atoms with Gasteiger partial charge >= 0.3 is 11.9 Å². The van der Waals surface area contributed by atoms with Gasteiger partial charge in [-0.15, -0.1) is 0 Å². The van der Waals surface area contributed by atoms with Gasteiger partial charge in [-0.25, -0.2) is 9.59 Å². The number of aliphatic hydroxyl groups is 1. The lowest BCUT2D eigenvalue weighted by atomic mass is 9.91. The molecule has 0 amide bonds. The Kier molecular flexibility index (Phi) is 5.66. The summed E-state index contributed by atoms with van der Waals surface area (Å²) in [7, 11) is 0. The van der Waals surface area contributed by atoms with E-state index in [-0.39, 0.29) is 12.4 Å². The van der Waals surface area contributed by atoms with E-state index in [2.05, 4.69) is 9.47 Å². The first-order chi connectivity index (χ1) is 7.27. The van der Waals surface area contributed by atoms with Crippen LogP contribution in [0.25, 0.3) is 0 Å². The molecular weight excluding hydrogens is 216 g/mol. The number of aliphatic hydroxyl groups excluding tert-OH is 1. The maximum absolute atomic E-state index is 11.3. The molecule has 1 N–H and O–H groups in total. The Balaban J connectivity index is 3.83. The Morgan fingerprint density at radius 3 is 1.94 bits per heavy atom. The lowest BCUT2D eigenvalue weighted by molar-refractivity contribution is -0.162. The van der Waals surface area contributed by atoms with Crippen molar-refractivity contribution in [3.05, 3.63) is 0 Å². The Morgan fingerprint density at radius 2 is 1.50 bits per heavy atom. The normalized spacial score (nSPS) is 10.8. The molecule has 0 aliphatic heterocycles. The average molecular weight is 232 g/mol. The van der Waals surface area contributed by atoms with Gasteiger partial charge in [-0.05, 0) is 0 Å². The summed E-state index contributed by atoms with van der Waals surface area (Å²) >= 11 is 0. The van der Waals surface area contributed by atoms with E-state index >= 15 is 0 Å². The molecule has 16 heavy (non-hydrogen) atoms. The molecule has 6 nitrogen and oxygen atoms in total. The molecule has 0 aliphatic carbocycles. The van der Waals surface area contributed by atoms with Gasteiger partial charge in [0.2, 0.25) is 0 Å². The SMILES string of the molecule is CC(C)(C)C(=O)COC(=O)COC(=O)CO. The summed E-state index contributed by atoms with van der Waals surface area (Å²) in [5, 5.41) is 8.29. The first kappa shape index (κ1) is 14.6. The Hall–Kier alpha value is -1.43. The minimum atomic E-state index is -0.918. The molecule has 0 saturated carbocycles. The predicted molar refractivity (Wildman–Crippen MR) is 53.5 cm³/mol. The van der Waals surface area contributed by atoms with Crippen molar-refractivity contribution in [2.24, 2.45) is 5.41 Å². The van der Waals surface area contributed by atoms with E-state index in [4.69, 9.17) is 5.11 Å². The molecule has 0 rings (SSSR count). The fourth-order valence-electron chi connectivity index (χ4n) is 0.589. The smallest absolute Gasteiger partial charge is 0.344 e. The van der Waals surface area contributed by atoms with E-state index in [0.717, 1.165) is 0 Å². The van der Waals surface area contributed by atoms with Crippen LogP contribution in [0.15, 0.2) is 0 Å². The van der Waals surface area contributed by atoms with Crippen molar-refractivity contribution in [2.75, 3.05) is 19.8 Å². The van der Waals surface area contributed by atoms with E-state index in [1.165, 1.54) is 0 Å². The van der Waals surface area contributed by atoms with Crippen LogP contribution in [0, 0.1) is 5.41 Å². The van der Waals surface area contributed by atoms with Crippen molar-refractivity contribution in [3.63, 3.8) is 0 Å². The summed E-state index contributed by atoms with van der Waals surface area (Å²) in [5.74, 6) is -1.96. The summed E-state index contributed by atoms with van der Waals surface area (Å²) in [4.78, 5) is 32.8. The number of ether oxygens (including phenoxy) is 2. The number of ketones is 1. The third kappa shape index (κ3) is 6.13. The quantitative estimate of drug-likeness (QED) is 0.653. The highest BCUT2D eigenvalue weighted by molar-refractivity contribution is 5.87. The highest BCUT2D eigenvalue weighted by Crippen LogP contribution is 2.14. The zero-order valence-electron chi connectivity index (χ0n) is 9.61. The van der Waals surface area contributed by atoms with Crippen LogP contribution >= 0.6 is 0 Å². The van der Waals surface area contributed by atoms with Gasteiger partial charge in [-0.1, -0.05) is 20.8 Å². The Morgan fingerprint density at radius 1 is 1.00 bits per heavy atom. The second kappa shape index (κ2) is 6.22. The molecule has 0 aliphatic rings. The standard InChI is InChI=1S/C10H16O6/c1-10(2,3)7(12)5-15-9(14)6-16-8(13)4-11/h11H,4-6H2,1-3H3. The lowest BCUT2D eigenvalue weighted by Gasteiger charge is -2.16. The molecule has 0 atom stereocenters. The largest absolute Gasteiger partial charge is 0.455 e. The highest BCUT2D eigenvalue weighted by atomic mass is 16.6. The minimum absolute atomic E-state index is 0.227. The summed E-state index contributed by atoms with van der Waals surface area (Å²) in [6.45, 7) is 3.36. The van der Waals surface area contributed by atoms with Crippen LogP contribution in [-0.2, 0) is 23.9 Å². The minimum Gasteiger partial charge on any atom is -0.455 e. The van der Waals surface area contributed by atoms with Crippen LogP contribution in [0.5, 0.6) is 0 Å². The van der Waals surface area contributed by atoms with Gasteiger partial charge in [0, 0.05) is 5.41 Å². The van der Waals surface area contributed by atoms with Gasteiger partial charge in [-0.3, -0.25) is 4.79 Å². The van der Waals surface area contributed by atoms with Gasteiger partial charge in [0.25, 0.3) is 0 Å². The topological polar surface area (TPSA) is 89.9 Å². The molecule has 0 unspecified atom stereocenters. The van der Waals surface area contributed by atoms with Gasteiger partial charge in [0.1, 0.15) is 6.61 Å². The van der Waals surface area contributed by atoms with Crippen molar-refractivity contribution < 1.29 is 29.0 Å². The first-order valence-electron chi connectivity index (χ1n) is 4.72. The molecule has 0 fully saturated rings. The molecule has 0 saturated heterocycles. The van der Waals surface area contributed by atoms with Gasteiger partial charge < -0.3 is 14.6 Å². The molecular formula is C10H16O6. The fraction of sp³-hybridized carbons (Fsp3) is 0.700. The van der Waals surface area contributed by atoms with E-state index in [9.17, 15) is 14.4 Å². The summed E-state index contributed by atoms with van der Waals surface area (Å²) in [6.07, 6.45) is 0. The van der Waals surface area contributed by atoms with Crippen molar-refractivity contribution in [3.8, 4) is 0 Å². The van der Waals surface area contributed by atoms with Crippen molar-refractivity contribution in [1.82, 2.24) is 0 Å². The van der Waals surface area contributed by atoms with Gasteiger partial charge in [0.15, 0.2) is 19.0 Å². The van der Waals surface area contributed by atoms with Gasteiger partial charge in [-0.2, -0.15) is 0 Å². The zero-order chi connectivity index (χ0) is 12.8. The van der Waals surface area contributed by atoms with Gasteiger partial charge in [0.05, 0.1) is 0 Å². The van der Waals surface area contributed by atoms with E-state index in [1.54, 1.807) is 20.8 Å². The summed E-state index contributed by atoms with van der Waals surface area (Å²) in [5.41, 5.74) is -0.581. The Bertz CT molecular complexity index is 276. The number of esters is 2. The lowest BCUT2D eigenvalue weighted by Crippen LogP contribution is -2.28. The molecule has 0 spiro atoms. The third-order valence-corrected chi connectivity index (χ3v) is 1.68. The van der Waals surface area contributed by atoms with Crippen LogP contribution in [0.1, 0.15) is 20.8 Å². The highest BCUT2D eigenvalue weighted by Gasteiger charge is 2.22. The van der Waals surface area contributed by atoms with Crippen LogP contribution in [0.4, 0.5) is 0 Å². The average Bonchev–Trinajstić information content (AvgIpc) is 2.20. The second-order valence-corrected chi connectivity index (χ2v) is 4.15. The monoisotopic (exact) mass is 232 g/mol. The second-order valence-electron chi connectivity index (χ2n) is 4.15. The van der Waals surface area contributed by atoms with E-state index in [0.29, 0.717) is 0 Å². The molecule has 0 aromatic heterocycles. The molecule has 0 aromatic carbocycles. The van der Waals surface area contributed by atoms with Crippen LogP contribution in [0.2, 0.25) is 0 Å². The number of Topliss-reactive ketones (excluding diaryl/α,β-unsaturated/α-hetero) is 1. The number of carbonyl (C=O) groups excluding carboxylic acids is 3. The van der Waals surface area contributed by atoms with E-state index < -0.39 is 30.6 Å². The Labute approximate surface area is 93.5 Å². The molecule has 0 bridgehead atoms.